The third kappa shape index (κ3) is 3.56. The first-order valence-electron chi connectivity index (χ1n) is 2.45. The molecule has 0 bridgehead atoms. The second kappa shape index (κ2) is 4.53. The van der Waals surface area contributed by atoms with Crippen LogP contribution in [0, 0.1) is 0 Å². The van der Waals surface area contributed by atoms with Crippen molar-refractivity contribution in [3.8, 4) is 0 Å². The van der Waals surface area contributed by atoms with E-state index in [9.17, 15) is 4.79 Å². The minimum Gasteiger partial charge on any atom is -0.377 e. The summed E-state index contributed by atoms with van der Waals surface area (Å²) in [4.78, 5) is 9.71. The molecule has 0 amide bonds. The van der Waals surface area contributed by atoms with E-state index in [2.05, 4.69) is 6.58 Å². The molecule has 0 heterocycles. The first-order valence-corrected chi connectivity index (χ1v) is 2.45. The van der Waals surface area contributed by atoms with Crippen molar-refractivity contribution in [2.75, 3.05) is 13.2 Å². The molecule has 2 heteroatoms. The van der Waals surface area contributed by atoms with Gasteiger partial charge in [-0.05, 0) is 6.92 Å². The predicted molar refractivity (Wildman–Crippen MR) is 31.3 cm³/mol. The van der Waals surface area contributed by atoms with Gasteiger partial charge in [-0.15, -0.1) is 0 Å². The molecule has 0 saturated heterocycles. The number of rotatable bonds is 4. The lowest BCUT2D eigenvalue weighted by atomic mass is 10.4. The Labute approximate surface area is 49.1 Å². The molecule has 0 atom stereocenters. The predicted octanol–water partition coefficient (Wildman–Crippen LogP) is 0.689. The zero-order valence-corrected chi connectivity index (χ0v) is 4.94. The van der Waals surface area contributed by atoms with Crippen molar-refractivity contribution in [1.29, 1.82) is 0 Å². The fourth-order valence-electron chi connectivity index (χ4n) is 0.255. The second-order valence-corrected chi connectivity index (χ2v) is 1.34. The lowest BCUT2D eigenvalue weighted by Crippen LogP contribution is -1.96. The largest absolute Gasteiger partial charge is 0.377 e. The summed E-state index contributed by atoms with van der Waals surface area (Å²) in [7, 11) is 0. The van der Waals surface area contributed by atoms with Crippen molar-refractivity contribution in [2.45, 2.75) is 6.92 Å². The van der Waals surface area contributed by atoms with Gasteiger partial charge in [0.25, 0.3) is 0 Å². The molecule has 0 aromatic heterocycles. The van der Waals surface area contributed by atoms with Crippen molar-refractivity contribution in [2.24, 2.45) is 0 Å². The summed E-state index contributed by atoms with van der Waals surface area (Å²) in [5.41, 5.74) is 0.367. The highest BCUT2D eigenvalue weighted by Crippen LogP contribution is 1.83. The molecule has 0 unspecified atom stereocenters. The Morgan fingerprint density at radius 3 is 2.88 bits per heavy atom. The molecular formula is C6H9O2. The molecular weight excluding hydrogens is 104 g/mol. The van der Waals surface area contributed by atoms with Crippen molar-refractivity contribution < 1.29 is 9.53 Å². The fourth-order valence-corrected chi connectivity index (χ4v) is 0.255. The lowest BCUT2D eigenvalue weighted by Gasteiger charge is -1.94. The normalized spacial score (nSPS) is 8.62. The van der Waals surface area contributed by atoms with E-state index in [-0.39, 0.29) is 0 Å². The average Bonchev–Trinajstić information content (AvgIpc) is 1.83. The first kappa shape index (κ1) is 7.37. The van der Waals surface area contributed by atoms with Crippen molar-refractivity contribution >= 4 is 6.29 Å². The monoisotopic (exact) mass is 113 g/mol. The SMILES string of the molecule is C=C([C]=O)COCC. The van der Waals surface area contributed by atoms with Gasteiger partial charge in [-0.3, -0.25) is 4.79 Å². The maximum absolute atomic E-state index is 9.71. The lowest BCUT2D eigenvalue weighted by molar-refractivity contribution is 0.174. The van der Waals surface area contributed by atoms with Crippen LogP contribution in [0.25, 0.3) is 0 Å². The Balaban J connectivity index is 3.11. The van der Waals surface area contributed by atoms with Gasteiger partial charge in [0.15, 0.2) is 0 Å². The molecule has 0 N–H and O–H groups in total. The van der Waals surface area contributed by atoms with E-state index in [1.54, 1.807) is 6.29 Å². The van der Waals surface area contributed by atoms with E-state index >= 15 is 0 Å². The van der Waals surface area contributed by atoms with E-state index in [1.807, 2.05) is 6.92 Å². The molecule has 8 heavy (non-hydrogen) atoms. The number of hydrogen-bond donors (Lipinski definition) is 0. The summed E-state index contributed by atoms with van der Waals surface area (Å²) in [5, 5.41) is 0. The topological polar surface area (TPSA) is 26.3 Å². The van der Waals surface area contributed by atoms with E-state index in [1.165, 1.54) is 0 Å². The van der Waals surface area contributed by atoms with Crippen LogP contribution in [0.15, 0.2) is 12.2 Å². The number of ether oxygens (including phenoxy) is 1. The highest BCUT2D eigenvalue weighted by Gasteiger charge is 1.88. The molecule has 0 rings (SSSR count). The van der Waals surface area contributed by atoms with Crippen LogP contribution in [0.3, 0.4) is 0 Å². The molecule has 45 valence electrons. The van der Waals surface area contributed by atoms with Crippen molar-refractivity contribution in [1.82, 2.24) is 0 Å². The standard InChI is InChI=1S/C6H9O2/c1-3-8-5-6(2)4-7/h2-3,5H2,1H3. The quantitative estimate of drug-likeness (QED) is 0.501. The van der Waals surface area contributed by atoms with Crippen LogP contribution in [0.1, 0.15) is 6.92 Å². The number of carbonyl (C=O) groups excluding carboxylic acids is 1. The van der Waals surface area contributed by atoms with Gasteiger partial charge in [-0.2, -0.15) is 0 Å². The van der Waals surface area contributed by atoms with Gasteiger partial charge in [0.05, 0.1) is 6.61 Å². The van der Waals surface area contributed by atoms with Crippen LogP contribution >= 0.6 is 0 Å². The molecule has 2 nitrogen and oxygen atoms in total. The Bertz CT molecular complexity index is 86.5. The van der Waals surface area contributed by atoms with Crippen LogP contribution in [-0.2, 0) is 9.53 Å². The van der Waals surface area contributed by atoms with Gasteiger partial charge in [-0.25, -0.2) is 0 Å². The average molecular weight is 113 g/mol. The second-order valence-electron chi connectivity index (χ2n) is 1.34. The maximum Gasteiger partial charge on any atom is 0.230 e. The molecule has 0 saturated carbocycles. The van der Waals surface area contributed by atoms with E-state index in [4.69, 9.17) is 4.74 Å². The van der Waals surface area contributed by atoms with Gasteiger partial charge < -0.3 is 4.74 Å². The van der Waals surface area contributed by atoms with Crippen molar-refractivity contribution in [3.05, 3.63) is 12.2 Å². The Hall–Kier alpha value is -0.630. The summed E-state index contributed by atoms with van der Waals surface area (Å²) in [5.74, 6) is 0. The molecule has 0 aliphatic rings. The summed E-state index contributed by atoms with van der Waals surface area (Å²) in [6.07, 6.45) is 1.63. The van der Waals surface area contributed by atoms with Gasteiger partial charge >= 0.3 is 0 Å². The van der Waals surface area contributed by atoms with Crippen LogP contribution < -0.4 is 0 Å². The maximum atomic E-state index is 9.71. The molecule has 0 fully saturated rings. The summed E-state index contributed by atoms with van der Waals surface area (Å²) >= 11 is 0. The minimum absolute atomic E-state index is 0.306. The summed E-state index contributed by atoms with van der Waals surface area (Å²) in [6, 6.07) is 0. The summed E-state index contributed by atoms with van der Waals surface area (Å²) in [6.45, 7) is 6.14. The third-order valence-corrected chi connectivity index (χ3v) is 0.625. The molecule has 0 aliphatic carbocycles. The molecule has 1 radical (unpaired) electrons. The molecule has 0 aromatic rings. The zero-order chi connectivity index (χ0) is 6.41. The fraction of sp³-hybridized carbons (Fsp3) is 0.500. The Kier molecular flexibility index (Phi) is 4.17. The van der Waals surface area contributed by atoms with E-state index < -0.39 is 0 Å². The molecule has 0 aliphatic heterocycles. The van der Waals surface area contributed by atoms with Gasteiger partial charge in [0, 0.05) is 12.2 Å². The first-order chi connectivity index (χ1) is 3.81. The van der Waals surface area contributed by atoms with E-state index in [0.29, 0.717) is 18.8 Å². The van der Waals surface area contributed by atoms with Gasteiger partial charge in [0.1, 0.15) is 0 Å². The Morgan fingerprint density at radius 2 is 2.50 bits per heavy atom. The van der Waals surface area contributed by atoms with Crippen LogP contribution in [0.2, 0.25) is 0 Å². The Morgan fingerprint density at radius 1 is 1.88 bits per heavy atom. The molecule has 0 spiro atoms. The van der Waals surface area contributed by atoms with E-state index in [0.717, 1.165) is 0 Å². The van der Waals surface area contributed by atoms with Crippen LogP contribution in [0.5, 0.6) is 0 Å². The van der Waals surface area contributed by atoms with Crippen molar-refractivity contribution in [3.63, 3.8) is 0 Å². The van der Waals surface area contributed by atoms with Gasteiger partial charge in [0.2, 0.25) is 6.29 Å². The highest BCUT2D eigenvalue weighted by atomic mass is 16.5. The molecule has 0 aromatic carbocycles. The highest BCUT2D eigenvalue weighted by molar-refractivity contribution is 5.72. The minimum atomic E-state index is 0.306. The summed E-state index contributed by atoms with van der Waals surface area (Å²) < 4.78 is 4.82. The third-order valence-electron chi connectivity index (χ3n) is 0.625. The van der Waals surface area contributed by atoms with Crippen LogP contribution in [-0.4, -0.2) is 19.5 Å². The van der Waals surface area contributed by atoms with Gasteiger partial charge in [-0.1, -0.05) is 6.58 Å². The number of hydrogen-bond acceptors (Lipinski definition) is 2. The van der Waals surface area contributed by atoms with Crippen LogP contribution in [0.4, 0.5) is 0 Å². The smallest absolute Gasteiger partial charge is 0.230 e. The zero-order valence-electron chi connectivity index (χ0n) is 4.94.